The number of piperidine rings is 2. The first-order valence-electron chi connectivity index (χ1n) is 17.8. The quantitative estimate of drug-likeness (QED) is 0.447. The third-order valence-electron chi connectivity index (χ3n) is 10.8. The number of para-hydroxylation sites is 1. The van der Waals surface area contributed by atoms with Gasteiger partial charge in [-0.05, 0) is 74.3 Å². The smallest absolute Gasteiger partial charge is 0.410 e. The molecule has 0 aromatic heterocycles. The van der Waals surface area contributed by atoms with Crippen molar-refractivity contribution in [3.63, 3.8) is 0 Å². The number of nitrogens with one attached hydrogen (secondary N) is 1. The van der Waals surface area contributed by atoms with Crippen molar-refractivity contribution in [2.45, 2.75) is 70.6 Å². The molecule has 6 rings (SSSR count). The summed E-state index contributed by atoms with van der Waals surface area (Å²) in [5.41, 5.74) is 4.13. The van der Waals surface area contributed by atoms with Gasteiger partial charge >= 0.3 is 12.1 Å². The van der Waals surface area contributed by atoms with Gasteiger partial charge in [-0.1, -0.05) is 30.3 Å². The summed E-state index contributed by atoms with van der Waals surface area (Å²) in [4.78, 5) is 48.4. The number of amides is 4. The van der Waals surface area contributed by atoms with Gasteiger partial charge in [-0.25, -0.2) is 22.3 Å². The molecule has 0 bridgehead atoms. The van der Waals surface area contributed by atoms with Crippen molar-refractivity contribution in [1.29, 1.82) is 0 Å². The summed E-state index contributed by atoms with van der Waals surface area (Å²) >= 11 is 0. The first-order valence-corrected chi connectivity index (χ1v) is 19.6. The maximum atomic E-state index is 14.1. The lowest BCUT2D eigenvalue weighted by Gasteiger charge is -2.43. The summed E-state index contributed by atoms with van der Waals surface area (Å²) in [6, 6.07) is 11.6. The normalized spacial score (nSPS) is 20.9. The van der Waals surface area contributed by atoms with Gasteiger partial charge in [0.15, 0.2) is 6.10 Å². The van der Waals surface area contributed by atoms with Crippen LogP contribution < -0.4 is 5.32 Å². The lowest BCUT2D eigenvalue weighted by atomic mass is 10.00. The molecule has 3 fully saturated rings. The molecule has 4 aliphatic heterocycles. The summed E-state index contributed by atoms with van der Waals surface area (Å²) < 4.78 is 31.5. The molecule has 2 aromatic rings. The Kier molecular flexibility index (Phi) is 10.9. The summed E-state index contributed by atoms with van der Waals surface area (Å²) in [7, 11) is -3.20. The molecule has 0 radical (unpaired) electrons. The maximum absolute atomic E-state index is 14.1. The van der Waals surface area contributed by atoms with Gasteiger partial charge < -0.3 is 29.9 Å². The molecule has 13 nitrogen and oxygen atoms in total. The van der Waals surface area contributed by atoms with Crippen LogP contribution in [0.3, 0.4) is 0 Å². The van der Waals surface area contributed by atoms with Crippen LogP contribution in [-0.2, 0) is 32.4 Å². The highest BCUT2D eigenvalue weighted by Crippen LogP contribution is 2.27. The van der Waals surface area contributed by atoms with Crippen molar-refractivity contribution in [3.05, 3.63) is 58.7 Å². The van der Waals surface area contributed by atoms with Crippen molar-refractivity contribution >= 4 is 33.7 Å². The Balaban J connectivity index is 1.07. The minimum Gasteiger partial charge on any atom is -0.507 e. The van der Waals surface area contributed by atoms with Gasteiger partial charge in [-0.3, -0.25) is 9.69 Å². The van der Waals surface area contributed by atoms with E-state index in [4.69, 9.17) is 4.74 Å². The minimum atomic E-state index is -3.20. The maximum Gasteiger partial charge on any atom is 0.410 e. The van der Waals surface area contributed by atoms with E-state index in [1.165, 1.54) is 10.6 Å². The second kappa shape index (κ2) is 15.2. The van der Waals surface area contributed by atoms with E-state index in [2.05, 4.69) is 10.2 Å². The first-order chi connectivity index (χ1) is 23.9. The van der Waals surface area contributed by atoms with Crippen LogP contribution in [0.25, 0.3) is 0 Å². The van der Waals surface area contributed by atoms with Gasteiger partial charge in [0.25, 0.3) is 5.91 Å². The largest absolute Gasteiger partial charge is 0.507 e. The number of aromatic hydroxyl groups is 1. The Labute approximate surface area is 295 Å². The third-order valence-corrected chi connectivity index (χ3v) is 12.1. The highest BCUT2D eigenvalue weighted by molar-refractivity contribution is 7.88. The second-order valence-corrected chi connectivity index (χ2v) is 16.1. The summed E-state index contributed by atoms with van der Waals surface area (Å²) in [6.07, 6.45) is 3.34. The number of fused-ring (bicyclic) bond motifs is 1. The molecule has 0 aliphatic carbocycles. The van der Waals surface area contributed by atoms with E-state index in [0.29, 0.717) is 82.9 Å². The number of sulfonamides is 1. The van der Waals surface area contributed by atoms with Crippen molar-refractivity contribution < 1.29 is 32.6 Å². The molecule has 2 N–H and O–H groups in total. The van der Waals surface area contributed by atoms with Crippen molar-refractivity contribution in [3.8, 4) is 5.75 Å². The van der Waals surface area contributed by atoms with E-state index >= 15 is 0 Å². The Bertz CT molecular complexity index is 1660. The topological polar surface area (TPSA) is 143 Å². The number of aryl methyl sites for hydroxylation is 2. The van der Waals surface area contributed by atoms with Crippen LogP contribution in [0.2, 0.25) is 0 Å². The molecular weight excluding hydrogens is 660 g/mol. The number of hydrogen-bond donors (Lipinski definition) is 2. The van der Waals surface area contributed by atoms with Gasteiger partial charge in [0.1, 0.15) is 5.75 Å². The van der Waals surface area contributed by atoms with Crippen LogP contribution in [0.5, 0.6) is 5.75 Å². The molecule has 4 heterocycles. The number of hydrogen-bond acceptors (Lipinski definition) is 8. The fourth-order valence-electron chi connectivity index (χ4n) is 7.90. The molecule has 2 aromatic carbocycles. The minimum absolute atomic E-state index is 0.0105. The molecule has 272 valence electrons. The number of benzene rings is 2. The molecule has 4 aliphatic rings. The zero-order valence-electron chi connectivity index (χ0n) is 29.3. The predicted octanol–water partition coefficient (Wildman–Crippen LogP) is 3.18. The highest BCUT2D eigenvalue weighted by atomic mass is 32.2. The van der Waals surface area contributed by atoms with E-state index in [9.17, 15) is 27.9 Å². The number of carbonyl (C=O) groups is 3. The van der Waals surface area contributed by atoms with Gasteiger partial charge in [0.2, 0.25) is 10.0 Å². The van der Waals surface area contributed by atoms with Gasteiger partial charge in [0.05, 0.1) is 6.26 Å². The molecular formula is C36H50N6O7S. The Morgan fingerprint density at radius 2 is 1.50 bits per heavy atom. The number of phenols is 1. The number of piperazine rings is 1. The van der Waals surface area contributed by atoms with Crippen LogP contribution in [0.4, 0.5) is 15.3 Å². The average molecular weight is 711 g/mol. The zero-order chi connectivity index (χ0) is 35.6. The van der Waals surface area contributed by atoms with E-state index in [0.717, 1.165) is 36.1 Å². The average Bonchev–Trinajstić information content (AvgIpc) is 3.27. The Morgan fingerprint density at radius 1 is 0.880 bits per heavy atom. The van der Waals surface area contributed by atoms with E-state index in [1.807, 2.05) is 55.1 Å². The fraction of sp³-hybridized carbons (Fsp3) is 0.583. The highest BCUT2D eigenvalue weighted by Gasteiger charge is 2.37. The molecule has 3 saturated heterocycles. The van der Waals surface area contributed by atoms with E-state index in [-0.39, 0.29) is 36.2 Å². The summed E-state index contributed by atoms with van der Waals surface area (Å²) in [5.74, 6) is -0.0408. The molecule has 14 heteroatoms. The number of phenolic OH excluding ortho intramolecular Hbond substituents is 1. The van der Waals surface area contributed by atoms with E-state index in [1.54, 1.807) is 9.80 Å². The molecule has 0 saturated carbocycles. The van der Waals surface area contributed by atoms with Gasteiger partial charge in [-0.15, -0.1) is 0 Å². The van der Waals surface area contributed by atoms with Crippen LogP contribution in [0.1, 0.15) is 47.9 Å². The van der Waals surface area contributed by atoms with Crippen molar-refractivity contribution in [2.75, 3.05) is 70.5 Å². The number of rotatable bonds is 7. The summed E-state index contributed by atoms with van der Waals surface area (Å²) in [6.45, 7) is 8.35. The standard InChI is InChI=1S/C36H50N6O7S/c1-25-22-27(23-26(2)33(25)43)24-32(34(44)39-20-18-38(19-21-39)29-11-15-41(16-12-29)50(3,47)48)49-36(46)40-13-9-30(10-14-40)42-17-8-28-6-4-5-7-31(28)37-35(42)45/h4-7,22-23,29-30,32,43H,8-21,24H2,1-3H3,(H,37,45)/t32-/m1/s1. The molecule has 50 heavy (non-hydrogen) atoms. The van der Waals surface area contributed by atoms with Gasteiger partial charge in [-0.2, -0.15) is 0 Å². The van der Waals surface area contributed by atoms with Gasteiger partial charge in [0, 0.05) is 83.1 Å². The summed E-state index contributed by atoms with van der Waals surface area (Å²) in [5, 5.41) is 13.4. The Morgan fingerprint density at radius 3 is 2.14 bits per heavy atom. The number of nitrogens with zero attached hydrogens (tertiary/aromatic N) is 5. The number of anilines is 1. The first kappa shape index (κ1) is 35.9. The molecule has 0 unspecified atom stereocenters. The number of urea groups is 1. The number of ether oxygens (including phenoxy) is 1. The lowest BCUT2D eigenvalue weighted by molar-refractivity contribution is -0.143. The Hall–Kier alpha value is -3.88. The van der Waals surface area contributed by atoms with Crippen molar-refractivity contribution in [1.82, 2.24) is 23.9 Å². The zero-order valence-corrected chi connectivity index (χ0v) is 30.2. The molecule has 4 amide bonds. The van der Waals surface area contributed by atoms with Crippen LogP contribution in [-0.4, -0.2) is 139 Å². The SMILES string of the molecule is Cc1cc(C[C@@H](OC(=O)N2CCC(N3CCc4ccccc4NC3=O)CC2)C(=O)N2CCN(C3CCN(S(C)(=O)=O)CC3)CC2)cc(C)c1O. The fourth-order valence-corrected chi connectivity index (χ4v) is 8.78. The lowest BCUT2D eigenvalue weighted by Crippen LogP contribution is -2.57. The monoisotopic (exact) mass is 710 g/mol. The van der Waals surface area contributed by atoms with Crippen LogP contribution in [0.15, 0.2) is 36.4 Å². The van der Waals surface area contributed by atoms with E-state index < -0.39 is 22.2 Å². The second-order valence-electron chi connectivity index (χ2n) is 14.2. The molecule has 1 atom stereocenters. The number of carbonyl (C=O) groups excluding carboxylic acids is 3. The predicted molar refractivity (Wildman–Crippen MR) is 190 cm³/mol. The number of likely N-dealkylation sites (tertiary alicyclic amines) is 1. The molecule has 0 spiro atoms. The van der Waals surface area contributed by atoms with Crippen LogP contribution in [0, 0.1) is 13.8 Å². The third kappa shape index (κ3) is 8.18. The van der Waals surface area contributed by atoms with Crippen molar-refractivity contribution in [2.24, 2.45) is 0 Å². The van der Waals surface area contributed by atoms with Crippen LogP contribution >= 0.6 is 0 Å².